The summed E-state index contributed by atoms with van der Waals surface area (Å²) in [6.45, 7) is 3.33. The zero-order chi connectivity index (χ0) is 23.6. The van der Waals surface area contributed by atoms with Crippen LogP contribution in [0.4, 0.5) is 0 Å². The van der Waals surface area contributed by atoms with E-state index in [4.69, 9.17) is 9.47 Å². The normalized spacial score (nSPS) is 15.6. The SMILES string of the molecule is CCCCOC(=O)CC1C(=O)NCCN1C(=O)c1cc(Br)ccc1OCCc1ccccc1. The second-order valence-electron chi connectivity index (χ2n) is 7.81. The lowest BCUT2D eigenvalue weighted by Crippen LogP contribution is -2.57. The van der Waals surface area contributed by atoms with E-state index in [1.54, 1.807) is 18.2 Å². The molecule has 1 heterocycles. The molecule has 1 saturated heterocycles. The van der Waals surface area contributed by atoms with Gasteiger partial charge in [0.05, 0.1) is 25.2 Å². The summed E-state index contributed by atoms with van der Waals surface area (Å²) in [6, 6.07) is 14.2. The Balaban J connectivity index is 1.73. The quantitative estimate of drug-likeness (QED) is 0.384. The smallest absolute Gasteiger partial charge is 0.308 e. The first-order chi connectivity index (χ1) is 16.0. The molecule has 0 bridgehead atoms. The molecule has 0 radical (unpaired) electrons. The third-order valence-corrected chi connectivity index (χ3v) is 5.87. The Morgan fingerprint density at radius 2 is 1.94 bits per heavy atom. The number of piperazine rings is 1. The third kappa shape index (κ3) is 7.05. The molecule has 7 nitrogen and oxygen atoms in total. The number of carbonyl (C=O) groups is 3. The standard InChI is InChI=1S/C25H29BrN2O5/c1-2-3-14-33-23(29)17-21-24(30)27-12-13-28(21)25(31)20-16-19(26)9-10-22(20)32-15-11-18-7-5-4-6-8-18/h4-10,16,21H,2-3,11-15,17H2,1H3,(H,27,30). The summed E-state index contributed by atoms with van der Waals surface area (Å²) in [6.07, 6.45) is 2.17. The minimum absolute atomic E-state index is 0.181. The monoisotopic (exact) mass is 516 g/mol. The van der Waals surface area contributed by atoms with Gasteiger partial charge in [-0.3, -0.25) is 14.4 Å². The number of carbonyl (C=O) groups excluding carboxylic acids is 3. The Morgan fingerprint density at radius 1 is 1.15 bits per heavy atom. The molecule has 0 aliphatic carbocycles. The summed E-state index contributed by atoms with van der Waals surface area (Å²) >= 11 is 3.42. The first-order valence-corrected chi connectivity index (χ1v) is 12.0. The molecule has 1 fully saturated rings. The molecule has 1 N–H and O–H groups in total. The van der Waals surface area contributed by atoms with Crippen LogP contribution in [0.1, 0.15) is 42.1 Å². The number of nitrogens with one attached hydrogen (secondary N) is 1. The molecule has 0 saturated carbocycles. The maximum atomic E-state index is 13.5. The molecule has 8 heteroatoms. The Hall–Kier alpha value is -2.87. The number of hydrogen-bond donors (Lipinski definition) is 1. The molecule has 1 aliphatic heterocycles. The van der Waals surface area contributed by atoms with Gasteiger partial charge in [0.25, 0.3) is 5.91 Å². The van der Waals surface area contributed by atoms with Crippen LogP contribution >= 0.6 is 15.9 Å². The highest BCUT2D eigenvalue weighted by atomic mass is 79.9. The van der Waals surface area contributed by atoms with Crippen molar-refractivity contribution >= 4 is 33.7 Å². The van der Waals surface area contributed by atoms with Crippen LogP contribution in [0.25, 0.3) is 0 Å². The number of hydrogen-bond acceptors (Lipinski definition) is 5. The summed E-state index contributed by atoms with van der Waals surface area (Å²) in [4.78, 5) is 39.7. The molecule has 2 aromatic carbocycles. The summed E-state index contributed by atoms with van der Waals surface area (Å²) in [5.41, 5.74) is 1.48. The highest BCUT2D eigenvalue weighted by Gasteiger charge is 2.36. The van der Waals surface area contributed by atoms with E-state index in [1.165, 1.54) is 4.90 Å². The average Bonchev–Trinajstić information content (AvgIpc) is 2.82. The van der Waals surface area contributed by atoms with E-state index in [0.717, 1.165) is 22.9 Å². The van der Waals surface area contributed by atoms with E-state index in [2.05, 4.69) is 21.2 Å². The van der Waals surface area contributed by atoms with Gasteiger partial charge in [-0.2, -0.15) is 0 Å². The molecule has 0 aromatic heterocycles. The first-order valence-electron chi connectivity index (χ1n) is 11.2. The lowest BCUT2D eigenvalue weighted by molar-refractivity contribution is -0.147. The highest BCUT2D eigenvalue weighted by molar-refractivity contribution is 9.10. The predicted octanol–water partition coefficient (Wildman–Crippen LogP) is 3.74. The number of amides is 2. The van der Waals surface area contributed by atoms with Crippen LogP contribution in [0.3, 0.4) is 0 Å². The Kier molecular flexibility index (Phi) is 9.30. The minimum atomic E-state index is -0.920. The van der Waals surface area contributed by atoms with E-state index >= 15 is 0 Å². The van der Waals surface area contributed by atoms with Crippen molar-refractivity contribution in [2.45, 2.75) is 38.6 Å². The summed E-state index contributed by atoms with van der Waals surface area (Å²) < 4.78 is 11.9. The van der Waals surface area contributed by atoms with Gasteiger partial charge in [0.1, 0.15) is 11.8 Å². The number of ether oxygens (including phenoxy) is 2. The van der Waals surface area contributed by atoms with Gasteiger partial charge in [-0.15, -0.1) is 0 Å². The van der Waals surface area contributed by atoms with Crippen LogP contribution in [-0.4, -0.2) is 55.0 Å². The molecule has 33 heavy (non-hydrogen) atoms. The lowest BCUT2D eigenvalue weighted by Gasteiger charge is -2.35. The predicted molar refractivity (Wildman–Crippen MR) is 128 cm³/mol. The van der Waals surface area contributed by atoms with Crippen molar-refractivity contribution in [2.24, 2.45) is 0 Å². The van der Waals surface area contributed by atoms with Gasteiger partial charge >= 0.3 is 5.97 Å². The third-order valence-electron chi connectivity index (χ3n) is 5.38. The maximum absolute atomic E-state index is 13.5. The summed E-state index contributed by atoms with van der Waals surface area (Å²) in [5, 5.41) is 2.74. The van der Waals surface area contributed by atoms with Crippen LogP contribution in [0, 0.1) is 0 Å². The van der Waals surface area contributed by atoms with Gasteiger partial charge in [0.15, 0.2) is 0 Å². The van der Waals surface area contributed by atoms with Crippen molar-refractivity contribution in [3.8, 4) is 5.75 Å². The lowest BCUT2D eigenvalue weighted by atomic mass is 10.1. The number of esters is 1. The molecular formula is C25H29BrN2O5. The molecule has 3 rings (SSSR count). The van der Waals surface area contributed by atoms with E-state index in [1.807, 2.05) is 37.3 Å². The van der Waals surface area contributed by atoms with Crippen LogP contribution in [0.5, 0.6) is 5.75 Å². The summed E-state index contributed by atoms with van der Waals surface area (Å²) in [7, 11) is 0. The number of unbranched alkanes of at least 4 members (excludes halogenated alkanes) is 1. The highest BCUT2D eigenvalue weighted by Crippen LogP contribution is 2.27. The van der Waals surface area contributed by atoms with Crippen molar-refractivity contribution in [1.82, 2.24) is 10.2 Å². The Labute approximate surface area is 202 Å². The molecule has 1 unspecified atom stereocenters. The number of rotatable bonds is 10. The van der Waals surface area contributed by atoms with Crippen LogP contribution in [0.2, 0.25) is 0 Å². The fourth-order valence-electron chi connectivity index (χ4n) is 3.58. The zero-order valence-electron chi connectivity index (χ0n) is 18.7. The largest absolute Gasteiger partial charge is 0.492 e. The van der Waals surface area contributed by atoms with Crippen LogP contribution in [-0.2, 0) is 20.7 Å². The minimum Gasteiger partial charge on any atom is -0.492 e. The van der Waals surface area contributed by atoms with E-state index in [-0.39, 0.29) is 18.2 Å². The van der Waals surface area contributed by atoms with E-state index < -0.39 is 12.0 Å². The molecule has 1 aliphatic rings. The number of halogens is 1. The zero-order valence-corrected chi connectivity index (χ0v) is 20.3. The molecule has 2 amide bonds. The second kappa shape index (κ2) is 12.4. The first kappa shape index (κ1) is 24.8. The van der Waals surface area contributed by atoms with Gasteiger partial charge in [-0.25, -0.2) is 0 Å². The van der Waals surface area contributed by atoms with Crippen molar-refractivity contribution in [3.63, 3.8) is 0 Å². The van der Waals surface area contributed by atoms with Gasteiger partial charge in [-0.1, -0.05) is 59.6 Å². The molecule has 176 valence electrons. The topological polar surface area (TPSA) is 84.9 Å². The molecular weight excluding hydrogens is 488 g/mol. The second-order valence-corrected chi connectivity index (χ2v) is 8.72. The van der Waals surface area contributed by atoms with Crippen molar-refractivity contribution in [3.05, 3.63) is 64.1 Å². The van der Waals surface area contributed by atoms with Crippen molar-refractivity contribution < 1.29 is 23.9 Å². The molecule has 0 spiro atoms. The van der Waals surface area contributed by atoms with Gasteiger partial charge < -0.3 is 19.7 Å². The van der Waals surface area contributed by atoms with Crippen molar-refractivity contribution in [1.29, 1.82) is 0 Å². The van der Waals surface area contributed by atoms with Gasteiger partial charge in [0, 0.05) is 24.0 Å². The summed E-state index contributed by atoms with van der Waals surface area (Å²) in [5.74, 6) is -0.762. The fourth-order valence-corrected chi connectivity index (χ4v) is 3.94. The van der Waals surface area contributed by atoms with E-state index in [0.29, 0.717) is 44.0 Å². The number of benzene rings is 2. The van der Waals surface area contributed by atoms with Gasteiger partial charge in [-0.05, 0) is 30.2 Å². The van der Waals surface area contributed by atoms with Crippen LogP contribution in [0.15, 0.2) is 53.0 Å². The number of nitrogens with zero attached hydrogens (tertiary/aromatic N) is 1. The average molecular weight is 517 g/mol. The van der Waals surface area contributed by atoms with E-state index in [9.17, 15) is 14.4 Å². The Bertz CT molecular complexity index is 967. The fraction of sp³-hybridized carbons (Fsp3) is 0.400. The molecule has 2 aromatic rings. The van der Waals surface area contributed by atoms with Gasteiger partial charge in [0.2, 0.25) is 5.91 Å². The van der Waals surface area contributed by atoms with Crippen LogP contribution < -0.4 is 10.1 Å². The molecule has 1 atom stereocenters. The van der Waals surface area contributed by atoms with Crippen molar-refractivity contribution in [2.75, 3.05) is 26.3 Å². The maximum Gasteiger partial charge on any atom is 0.308 e. The Morgan fingerprint density at radius 3 is 2.70 bits per heavy atom.